The predicted octanol–water partition coefficient (Wildman–Crippen LogP) is 4.32. The van der Waals surface area contributed by atoms with Crippen LogP contribution in [0.3, 0.4) is 0 Å². The maximum Gasteiger partial charge on any atom is 0.0862 e. The van der Waals surface area contributed by atoms with Crippen LogP contribution in [0.5, 0.6) is 0 Å². The molecule has 2 aliphatic carbocycles. The van der Waals surface area contributed by atoms with E-state index in [1.807, 2.05) is 0 Å². The Hall–Kier alpha value is 0.900. The fourth-order valence-corrected chi connectivity index (χ4v) is 4.38. The van der Waals surface area contributed by atoms with Crippen LogP contribution in [0.1, 0.15) is 20.3 Å². The third-order valence-electron chi connectivity index (χ3n) is 3.63. The van der Waals surface area contributed by atoms with Crippen LogP contribution in [-0.2, 0) is 0 Å². The average Bonchev–Trinajstić information content (AvgIpc) is 2.36. The van der Waals surface area contributed by atoms with E-state index in [4.69, 9.17) is 46.4 Å². The van der Waals surface area contributed by atoms with Gasteiger partial charge in [-0.1, -0.05) is 37.0 Å². The molecule has 0 amide bonds. The normalized spacial score (nSPS) is 54.9. The second-order valence-corrected chi connectivity index (χ2v) is 6.21. The molecule has 2 rings (SSSR count). The van der Waals surface area contributed by atoms with Gasteiger partial charge in [0.1, 0.15) is 0 Å². The SMILES string of the molecule is CC1C(C)C2(Cl)CC1(Cl)C(Cl)=C2Cl. The largest absolute Gasteiger partial charge is 0.113 e. The van der Waals surface area contributed by atoms with Gasteiger partial charge in [0.15, 0.2) is 0 Å². The van der Waals surface area contributed by atoms with Crippen molar-refractivity contribution in [1.82, 2.24) is 0 Å². The van der Waals surface area contributed by atoms with Gasteiger partial charge in [0, 0.05) is 0 Å². The van der Waals surface area contributed by atoms with Crippen molar-refractivity contribution in [2.24, 2.45) is 11.8 Å². The third-order valence-corrected chi connectivity index (χ3v) is 6.31. The molecule has 0 aromatic rings. The van der Waals surface area contributed by atoms with Crippen LogP contribution < -0.4 is 0 Å². The molecule has 4 atom stereocenters. The van der Waals surface area contributed by atoms with Crippen LogP contribution in [0.2, 0.25) is 0 Å². The van der Waals surface area contributed by atoms with E-state index in [0.717, 1.165) is 0 Å². The first-order valence-corrected chi connectivity index (χ1v) is 5.79. The van der Waals surface area contributed by atoms with E-state index >= 15 is 0 Å². The Labute approximate surface area is 98.2 Å². The highest BCUT2D eigenvalue weighted by molar-refractivity contribution is 6.51. The summed E-state index contributed by atoms with van der Waals surface area (Å²) in [5, 5.41) is 1.10. The minimum Gasteiger partial charge on any atom is -0.113 e. The predicted molar refractivity (Wildman–Crippen MR) is 58.8 cm³/mol. The number of alkyl halides is 2. The smallest absolute Gasteiger partial charge is 0.0862 e. The minimum absolute atomic E-state index is 0.279. The van der Waals surface area contributed by atoms with Gasteiger partial charge in [-0.15, -0.1) is 23.2 Å². The van der Waals surface area contributed by atoms with Gasteiger partial charge in [0.2, 0.25) is 0 Å². The summed E-state index contributed by atoms with van der Waals surface area (Å²) in [4.78, 5) is -1.03. The second-order valence-electron chi connectivity index (χ2n) is 4.11. The minimum atomic E-state index is -0.514. The zero-order valence-electron chi connectivity index (χ0n) is 7.37. The summed E-state index contributed by atoms with van der Waals surface area (Å²) in [5.74, 6) is 0.559. The first-order chi connectivity index (χ1) is 5.84. The van der Waals surface area contributed by atoms with Crippen LogP contribution in [0.15, 0.2) is 10.1 Å². The van der Waals surface area contributed by atoms with Crippen molar-refractivity contribution in [3.05, 3.63) is 10.1 Å². The van der Waals surface area contributed by atoms with Gasteiger partial charge < -0.3 is 0 Å². The standard InChI is InChI=1S/C9H10Cl4/c1-4-5(2)9(13)3-8(4,12)6(10)7(9)11/h4-5H,3H2,1-2H3. The van der Waals surface area contributed by atoms with Crippen molar-refractivity contribution in [1.29, 1.82) is 0 Å². The number of fused-ring (bicyclic) bond motifs is 2. The molecule has 0 aromatic heterocycles. The molecule has 0 N–H and O–H groups in total. The molecule has 1 saturated carbocycles. The number of rotatable bonds is 0. The highest BCUT2D eigenvalue weighted by Crippen LogP contribution is 2.67. The molecule has 74 valence electrons. The molecule has 0 nitrogen and oxygen atoms in total. The van der Waals surface area contributed by atoms with Crippen LogP contribution in [0.4, 0.5) is 0 Å². The molecule has 4 unspecified atom stereocenters. The van der Waals surface area contributed by atoms with Gasteiger partial charge in [-0.2, -0.15) is 0 Å². The molecule has 2 aliphatic rings. The zero-order chi connectivity index (χ0) is 10.0. The van der Waals surface area contributed by atoms with Crippen molar-refractivity contribution in [3.63, 3.8) is 0 Å². The van der Waals surface area contributed by atoms with Crippen molar-refractivity contribution >= 4 is 46.4 Å². The van der Waals surface area contributed by atoms with Gasteiger partial charge in [-0.25, -0.2) is 0 Å². The van der Waals surface area contributed by atoms with E-state index in [1.54, 1.807) is 0 Å². The summed E-state index contributed by atoms with van der Waals surface area (Å²) in [7, 11) is 0. The van der Waals surface area contributed by atoms with E-state index in [-0.39, 0.29) is 11.8 Å². The first kappa shape index (κ1) is 10.4. The molecule has 0 aliphatic heterocycles. The quantitative estimate of drug-likeness (QED) is 0.569. The Bertz CT molecular complexity index is 270. The third kappa shape index (κ3) is 1.01. The Balaban J connectivity index is 2.58. The van der Waals surface area contributed by atoms with Gasteiger partial charge in [-0.05, 0) is 18.3 Å². The van der Waals surface area contributed by atoms with Gasteiger partial charge in [0.25, 0.3) is 0 Å². The Morgan fingerprint density at radius 1 is 1.00 bits per heavy atom. The molecule has 0 spiro atoms. The summed E-state index contributed by atoms with van der Waals surface area (Å²) in [6, 6.07) is 0. The zero-order valence-corrected chi connectivity index (χ0v) is 10.4. The molecule has 2 bridgehead atoms. The lowest BCUT2D eigenvalue weighted by atomic mass is 9.85. The van der Waals surface area contributed by atoms with E-state index in [2.05, 4.69) is 13.8 Å². The molecule has 0 heterocycles. The maximum absolute atomic E-state index is 6.42. The lowest BCUT2D eigenvalue weighted by Crippen LogP contribution is -2.32. The van der Waals surface area contributed by atoms with Crippen molar-refractivity contribution in [2.75, 3.05) is 0 Å². The van der Waals surface area contributed by atoms with Crippen LogP contribution in [0, 0.1) is 11.8 Å². The lowest BCUT2D eigenvalue weighted by Gasteiger charge is -2.33. The van der Waals surface area contributed by atoms with Crippen LogP contribution in [-0.4, -0.2) is 9.75 Å². The molecule has 13 heavy (non-hydrogen) atoms. The molecule has 0 saturated heterocycles. The second kappa shape index (κ2) is 2.72. The van der Waals surface area contributed by atoms with E-state index in [1.165, 1.54) is 0 Å². The topological polar surface area (TPSA) is 0 Å². The van der Waals surface area contributed by atoms with Crippen molar-refractivity contribution < 1.29 is 0 Å². The molecule has 0 radical (unpaired) electrons. The number of hydrogen-bond donors (Lipinski definition) is 0. The summed E-state index contributed by atoms with van der Waals surface area (Å²) in [6.45, 7) is 4.15. The molecule has 4 heteroatoms. The average molecular weight is 260 g/mol. The summed E-state index contributed by atoms with van der Waals surface area (Å²) in [5.41, 5.74) is 0. The monoisotopic (exact) mass is 258 g/mol. The molecular formula is C9H10Cl4. The summed E-state index contributed by atoms with van der Waals surface area (Å²) >= 11 is 25.0. The Morgan fingerprint density at radius 3 is 1.54 bits per heavy atom. The number of hydrogen-bond acceptors (Lipinski definition) is 0. The van der Waals surface area contributed by atoms with Gasteiger partial charge in [-0.3, -0.25) is 0 Å². The van der Waals surface area contributed by atoms with E-state index < -0.39 is 9.75 Å². The highest BCUT2D eigenvalue weighted by Gasteiger charge is 2.65. The van der Waals surface area contributed by atoms with Gasteiger partial charge in [0.05, 0.1) is 19.8 Å². The Morgan fingerprint density at radius 2 is 1.31 bits per heavy atom. The fraction of sp³-hybridized carbons (Fsp3) is 0.778. The van der Waals surface area contributed by atoms with E-state index in [0.29, 0.717) is 16.5 Å². The molecular weight excluding hydrogens is 250 g/mol. The molecule has 1 fully saturated rings. The Kier molecular flexibility index (Phi) is 2.18. The van der Waals surface area contributed by atoms with E-state index in [9.17, 15) is 0 Å². The summed E-state index contributed by atoms with van der Waals surface area (Å²) in [6.07, 6.45) is 0.656. The van der Waals surface area contributed by atoms with Crippen molar-refractivity contribution in [3.8, 4) is 0 Å². The lowest BCUT2D eigenvalue weighted by molar-refractivity contribution is 0.382. The number of allylic oxidation sites excluding steroid dienone is 2. The fourth-order valence-electron chi connectivity index (χ4n) is 2.41. The maximum atomic E-state index is 6.42. The van der Waals surface area contributed by atoms with Gasteiger partial charge >= 0.3 is 0 Å². The van der Waals surface area contributed by atoms with Crippen molar-refractivity contribution in [2.45, 2.75) is 30.0 Å². The highest BCUT2D eigenvalue weighted by atomic mass is 35.5. The summed E-state index contributed by atoms with van der Waals surface area (Å²) < 4.78 is 0. The van der Waals surface area contributed by atoms with Crippen LogP contribution in [0.25, 0.3) is 0 Å². The molecule has 0 aromatic carbocycles. The first-order valence-electron chi connectivity index (χ1n) is 4.28. The number of halogens is 4. The van der Waals surface area contributed by atoms with Crippen LogP contribution >= 0.6 is 46.4 Å².